The van der Waals surface area contributed by atoms with E-state index in [0.29, 0.717) is 0 Å². The van der Waals surface area contributed by atoms with E-state index in [9.17, 15) is 0 Å². The lowest BCUT2D eigenvalue weighted by Gasteiger charge is -2.06. The summed E-state index contributed by atoms with van der Waals surface area (Å²) in [6, 6.07) is 10.5. The Morgan fingerprint density at radius 1 is 1.00 bits per heavy atom. The van der Waals surface area contributed by atoms with E-state index >= 15 is 0 Å². The van der Waals surface area contributed by atoms with Crippen LogP contribution in [-0.2, 0) is 13.5 Å². The van der Waals surface area contributed by atoms with Gasteiger partial charge in [-0.3, -0.25) is 4.98 Å². The smallest absolute Gasteiger partial charge is 0.264 e. The van der Waals surface area contributed by atoms with Crippen molar-refractivity contribution in [2.75, 3.05) is 0 Å². The summed E-state index contributed by atoms with van der Waals surface area (Å²) in [7, 11) is 2.10. The fraction of sp³-hybridized carbons (Fsp3) is 0.167. The Morgan fingerprint density at radius 3 is 2.71 bits per heavy atom. The molecule has 0 bridgehead atoms. The summed E-state index contributed by atoms with van der Waals surface area (Å²) in [6.45, 7) is 2.13. The zero-order valence-electron chi connectivity index (χ0n) is 12.2. The Morgan fingerprint density at radius 2 is 1.86 bits per heavy atom. The van der Waals surface area contributed by atoms with Crippen molar-refractivity contribution in [3.8, 4) is 22.5 Å². The van der Waals surface area contributed by atoms with Gasteiger partial charge in [0.2, 0.25) is 0 Å². The molecule has 3 nitrogen and oxygen atoms in total. The van der Waals surface area contributed by atoms with Gasteiger partial charge < -0.3 is 0 Å². The van der Waals surface area contributed by atoms with E-state index in [2.05, 4.69) is 53.9 Å². The SMILES string of the molecule is Cc1ccccc1-c1ncc2c([n+]1C)Cc1cnccc1-2. The van der Waals surface area contributed by atoms with Crippen LogP contribution in [0.25, 0.3) is 22.5 Å². The van der Waals surface area contributed by atoms with Gasteiger partial charge in [-0.15, -0.1) is 0 Å². The summed E-state index contributed by atoms with van der Waals surface area (Å²) < 4.78 is 2.22. The Kier molecular flexibility index (Phi) is 2.61. The quantitative estimate of drug-likeness (QED) is 0.500. The molecule has 0 saturated carbocycles. The lowest BCUT2D eigenvalue weighted by molar-refractivity contribution is -0.669. The van der Waals surface area contributed by atoms with Crippen molar-refractivity contribution in [3.05, 3.63) is 65.7 Å². The Bertz CT molecular complexity index is 853. The van der Waals surface area contributed by atoms with E-state index in [1.165, 1.54) is 33.5 Å². The number of pyridine rings is 1. The van der Waals surface area contributed by atoms with Crippen molar-refractivity contribution < 1.29 is 4.57 Å². The summed E-state index contributed by atoms with van der Waals surface area (Å²) in [5, 5.41) is 0. The highest BCUT2D eigenvalue weighted by Crippen LogP contribution is 2.34. The first kappa shape index (κ1) is 12.2. The maximum Gasteiger partial charge on any atom is 0.330 e. The number of hydrogen-bond donors (Lipinski definition) is 0. The van der Waals surface area contributed by atoms with E-state index in [1.54, 1.807) is 0 Å². The number of hydrogen-bond acceptors (Lipinski definition) is 2. The van der Waals surface area contributed by atoms with Gasteiger partial charge in [0.1, 0.15) is 5.69 Å². The number of fused-ring (bicyclic) bond motifs is 3. The normalized spacial score (nSPS) is 12.1. The van der Waals surface area contributed by atoms with Crippen LogP contribution in [-0.4, -0.2) is 9.97 Å². The molecule has 0 saturated heterocycles. The van der Waals surface area contributed by atoms with Gasteiger partial charge in [0.15, 0.2) is 6.20 Å². The van der Waals surface area contributed by atoms with Gasteiger partial charge >= 0.3 is 5.82 Å². The Hall–Kier alpha value is -2.55. The highest BCUT2D eigenvalue weighted by molar-refractivity contribution is 5.73. The molecule has 1 aliphatic rings. The van der Waals surface area contributed by atoms with Crippen molar-refractivity contribution >= 4 is 0 Å². The van der Waals surface area contributed by atoms with Crippen molar-refractivity contribution in [1.29, 1.82) is 0 Å². The van der Waals surface area contributed by atoms with Crippen molar-refractivity contribution in [1.82, 2.24) is 9.97 Å². The second-order valence-corrected chi connectivity index (χ2v) is 5.53. The first-order chi connectivity index (χ1) is 10.3. The molecule has 0 spiro atoms. The molecule has 2 aromatic heterocycles. The third kappa shape index (κ3) is 1.77. The largest absolute Gasteiger partial charge is 0.330 e. The topological polar surface area (TPSA) is 29.7 Å². The number of nitrogens with zero attached hydrogens (tertiary/aromatic N) is 3. The van der Waals surface area contributed by atoms with E-state index in [-0.39, 0.29) is 0 Å². The average Bonchev–Trinajstić information content (AvgIpc) is 2.89. The minimum atomic E-state index is 0.927. The van der Waals surface area contributed by atoms with Gasteiger partial charge in [0.05, 0.1) is 18.2 Å². The summed E-state index contributed by atoms with van der Waals surface area (Å²) in [6.07, 6.45) is 6.74. The van der Waals surface area contributed by atoms with Crippen LogP contribution in [0, 0.1) is 6.92 Å². The molecule has 0 unspecified atom stereocenters. The molecular weight excluding hydrogens is 258 g/mol. The van der Waals surface area contributed by atoms with Crippen molar-refractivity contribution in [3.63, 3.8) is 0 Å². The highest BCUT2D eigenvalue weighted by atomic mass is 15.0. The minimum Gasteiger partial charge on any atom is -0.264 e. The van der Waals surface area contributed by atoms with Crippen molar-refractivity contribution in [2.45, 2.75) is 13.3 Å². The third-order valence-electron chi connectivity index (χ3n) is 4.29. The number of aromatic nitrogens is 3. The van der Waals surface area contributed by atoms with Crippen LogP contribution in [0.5, 0.6) is 0 Å². The molecule has 21 heavy (non-hydrogen) atoms. The first-order valence-electron chi connectivity index (χ1n) is 7.13. The van der Waals surface area contributed by atoms with Crippen LogP contribution in [0.3, 0.4) is 0 Å². The average molecular weight is 274 g/mol. The van der Waals surface area contributed by atoms with E-state index in [0.717, 1.165) is 12.2 Å². The Balaban J connectivity index is 1.93. The lowest BCUT2D eigenvalue weighted by Crippen LogP contribution is -2.37. The molecule has 0 aliphatic heterocycles. The standard InChI is InChI=1S/C18H16N3/c1-12-5-3-4-6-14(12)18-20-11-16-15-7-8-19-10-13(15)9-17(16)21(18)2/h3-8,10-11H,9H2,1-2H3/q+1. The minimum absolute atomic E-state index is 0.927. The molecule has 1 aromatic carbocycles. The molecule has 3 heteroatoms. The predicted octanol–water partition coefficient (Wildman–Crippen LogP) is 2.85. The number of aryl methyl sites for hydroxylation is 1. The van der Waals surface area contributed by atoms with Gasteiger partial charge in [-0.2, -0.15) is 0 Å². The van der Waals surface area contributed by atoms with Gasteiger partial charge in [0.25, 0.3) is 0 Å². The van der Waals surface area contributed by atoms with Crippen LogP contribution in [0.1, 0.15) is 16.8 Å². The third-order valence-corrected chi connectivity index (χ3v) is 4.29. The molecule has 2 heterocycles. The van der Waals surface area contributed by atoms with Crippen LogP contribution in [0.4, 0.5) is 0 Å². The molecule has 0 amide bonds. The van der Waals surface area contributed by atoms with Crippen LogP contribution in [0.2, 0.25) is 0 Å². The molecule has 0 radical (unpaired) electrons. The zero-order chi connectivity index (χ0) is 14.4. The number of rotatable bonds is 1. The molecular formula is C18H16N3+. The summed E-state index contributed by atoms with van der Waals surface area (Å²) >= 11 is 0. The fourth-order valence-electron chi connectivity index (χ4n) is 3.12. The molecule has 0 N–H and O–H groups in total. The number of benzene rings is 1. The fourth-order valence-corrected chi connectivity index (χ4v) is 3.12. The summed E-state index contributed by atoms with van der Waals surface area (Å²) in [5.74, 6) is 1.02. The van der Waals surface area contributed by atoms with Gasteiger partial charge in [0, 0.05) is 18.8 Å². The van der Waals surface area contributed by atoms with Gasteiger partial charge in [-0.05, 0) is 40.7 Å². The molecule has 3 aromatic rings. The molecule has 4 rings (SSSR count). The molecule has 0 atom stereocenters. The molecule has 0 fully saturated rings. The van der Waals surface area contributed by atoms with Crippen LogP contribution < -0.4 is 4.57 Å². The predicted molar refractivity (Wildman–Crippen MR) is 81.6 cm³/mol. The zero-order valence-corrected chi connectivity index (χ0v) is 12.2. The second kappa shape index (κ2) is 4.48. The van der Waals surface area contributed by atoms with Crippen molar-refractivity contribution in [2.24, 2.45) is 7.05 Å². The van der Waals surface area contributed by atoms with E-state index < -0.39 is 0 Å². The highest BCUT2D eigenvalue weighted by Gasteiger charge is 2.28. The Labute approximate surface area is 124 Å². The summed E-state index contributed by atoms with van der Waals surface area (Å²) in [4.78, 5) is 8.96. The van der Waals surface area contributed by atoms with E-state index in [4.69, 9.17) is 4.98 Å². The molecule has 102 valence electrons. The first-order valence-corrected chi connectivity index (χ1v) is 7.13. The van der Waals surface area contributed by atoms with Crippen LogP contribution >= 0.6 is 0 Å². The lowest BCUT2D eigenvalue weighted by atomic mass is 10.1. The summed E-state index contributed by atoms with van der Waals surface area (Å²) in [5.41, 5.74) is 7.53. The maximum atomic E-state index is 4.72. The van der Waals surface area contributed by atoms with Crippen LogP contribution in [0.15, 0.2) is 48.9 Å². The maximum absolute atomic E-state index is 4.72. The monoisotopic (exact) mass is 274 g/mol. The molecule has 1 aliphatic carbocycles. The van der Waals surface area contributed by atoms with Gasteiger partial charge in [-0.1, -0.05) is 18.2 Å². The van der Waals surface area contributed by atoms with Gasteiger partial charge in [-0.25, -0.2) is 4.57 Å². The second-order valence-electron chi connectivity index (χ2n) is 5.53. The van der Waals surface area contributed by atoms with E-state index in [1.807, 2.05) is 18.6 Å².